The maximum Gasteiger partial charge on any atom is 0.244 e. The van der Waals surface area contributed by atoms with Crippen LogP contribution in [0.5, 0.6) is 11.5 Å². The molecular formula is C28H29N3O3. The van der Waals surface area contributed by atoms with E-state index < -0.39 is 0 Å². The van der Waals surface area contributed by atoms with Gasteiger partial charge in [-0.25, -0.2) is 4.98 Å². The van der Waals surface area contributed by atoms with E-state index in [-0.39, 0.29) is 5.91 Å². The van der Waals surface area contributed by atoms with Crippen LogP contribution in [0, 0.1) is 0 Å². The number of rotatable bonds is 11. The van der Waals surface area contributed by atoms with Gasteiger partial charge < -0.3 is 19.4 Å². The van der Waals surface area contributed by atoms with Crippen LogP contribution >= 0.6 is 0 Å². The Balaban J connectivity index is 1.34. The van der Waals surface area contributed by atoms with Crippen LogP contribution in [0.2, 0.25) is 0 Å². The van der Waals surface area contributed by atoms with Gasteiger partial charge in [0.2, 0.25) is 5.91 Å². The third-order valence-electron chi connectivity index (χ3n) is 5.48. The van der Waals surface area contributed by atoms with Crippen molar-refractivity contribution in [2.45, 2.75) is 25.9 Å². The fourth-order valence-corrected chi connectivity index (χ4v) is 3.76. The summed E-state index contributed by atoms with van der Waals surface area (Å²) < 4.78 is 13.4. The zero-order chi connectivity index (χ0) is 23.6. The van der Waals surface area contributed by atoms with Crippen molar-refractivity contribution in [2.75, 3.05) is 13.7 Å². The molecule has 1 amide bonds. The third-order valence-corrected chi connectivity index (χ3v) is 5.48. The van der Waals surface area contributed by atoms with Crippen molar-refractivity contribution in [1.82, 2.24) is 14.9 Å². The lowest BCUT2D eigenvalue weighted by Crippen LogP contribution is -2.22. The monoisotopic (exact) mass is 455 g/mol. The van der Waals surface area contributed by atoms with Crippen LogP contribution in [0.3, 0.4) is 0 Å². The van der Waals surface area contributed by atoms with Gasteiger partial charge >= 0.3 is 0 Å². The maximum atomic E-state index is 12.3. The molecule has 6 nitrogen and oxygen atoms in total. The minimum Gasteiger partial charge on any atom is -0.493 e. The summed E-state index contributed by atoms with van der Waals surface area (Å²) in [6.07, 6.45) is 5.16. The number of fused-ring (bicyclic) bond motifs is 1. The van der Waals surface area contributed by atoms with Gasteiger partial charge in [0.25, 0.3) is 0 Å². The minimum absolute atomic E-state index is 0.146. The lowest BCUT2D eigenvalue weighted by molar-refractivity contribution is -0.116. The predicted octanol–water partition coefficient (Wildman–Crippen LogP) is 5.23. The van der Waals surface area contributed by atoms with Gasteiger partial charge in [-0.1, -0.05) is 54.6 Å². The van der Waals surface area contributed by atoms with Crippen LogP contribution < -0.4 is 14.8 Å². The van der Waals surface area contributed by atoms with E-state index in [1.54, 1.807) is 19.3 Å². The lowest BCUT2D eigenvalue weighted by Gasteiger charge is -2.12. The number of nitrogens with zero attached hydrogens (tertiary/aromatic N) is 2. The molecule has 1 heterocycles. The molecule has 4 rings (SSSR count). The van der Waals surface area contributed by atoms with Gasteiger partial charge in [-0.2, -0.15) is 0 Å². The fourth-order valence-electron chi connectivity index (χ4n) is 3.76. The van der Waals surface area contributed by atoms with E-state index in [0.29, 0.717) is 13.2 Å². The Labute approximate surface area is 199 Å². The maximum absolute atomic E-state index is 12.3. The molecule has 0 fully saturated rings. The Hall–Kier alpha value is -4.06. The molecule has 0 aliphatic heterocycles. The van der Waals surface area contributed by atoms with Gasteiger partial charge in [0.05, 0.1) is 31.3 Å². The molecule has 1 N–H and O–H groups in total. The van der Waals surface area contributed by atoms with Gasteiger partial charge in [-0.3, -0.25) is 4.79 Å². The number of carbonyl (C=O) groups excluding carboxylic acids is 1. The summed E-state index contributed by atoms with van der Waals surface area (Å²) in [7, 11) is 1.64. The zero-order valence-electron chi connectivity index (χ0n) is 19.3. The number of benzene rings is 3. The van der Waals surface area contributed by atoms with Crippen molar-refractivity contribution in [3.63, 3.8) is 0 Å². The average molecular weight is 456 g/mol. The molecule has 0 unspecified atom stereocenters. The standard InChI is InChI=1S/C28H29N3O3/c1-33-25-15-7-8-16-26(25)34-20-10-9-19-31-24-14-6-5-13-23(24)30-27(31)21-29-28(32)18-17-22-11-3-2-4-12-22/h2-8,11-18H,9-10,19-21H2,1H3,(H,29,32)/b18-17-. The van der Waals surface area contributed by atoms with Crippen LogP contribution in [0.1, 0.15) is 24.2 Å². The van der Waals surface area contributed by atoms with E-state index in [9.17, 15) is 4.79 Å². The molecule has 0 spiro atoms. The van der Waals surface area contributed by atoms with Crippen molar-refractivity contribution in [1.29, 1.82) is 0 Å². The number of imidazole rings is 1. The summed E-state index contributed by atoms with van der Waals surface area (Å²) in [6.45, 7) is 1.76. The molecule has 0 saturated heterocycles. The zero-order valence-corrected chi connectivity index (χ0v) is 19.3. The first-order chi connectivity index (χ1) is 16.7. The summed E-state index contributed by atoms with van der Waals surface area (Å²) in [5.74, 6) is 2.19. The molecule has 0 aliphatic carbocycles. The summed E-state index contributed by atoms with van der Waals surface area (Å²) in [4.78, 5) is 17.1. The normalized spacial score (nSPS) is 11.1. The molecule has 174 valence electrons. The SMILES string of the molecule is COc1ccccc1OCCCCn1c(CNC(=O)/C=C\c2ccccc2)nc2ccccc21. The van der Waals surface area contributed by atoms with E-state index in [1.807, 2.05) is 72.8 Å². The van der Waals surface area contributed by atoms with E-state index in [2.05, 4.69) is 16.0 Å². The highest BCUT2D eigenvalue weighted by molar-refractivity contribution is 5.91. The topological polar surface area (TPSA) is 65.4 Å². The Morgan fingerprint density at radius 3 is 2.50 bits per heavy atom. The first-order valence-electron chi connectivity index (χ1n) is 11.5. The van der Waals surface area contributed by atoms with Crippen molar-refractivity contribution in [2.24, 2.45) is 0 Å². The fraction of sp³-hybridized carbons (Fsp3) is 0.214. The Kier molecular flexibility index (Phi) is 7.95. The van der Waals surface area contributed by atoms with Gasteiger partial charge in [0.1, 0.15) is 5.82 Å². The highest BCUT2D eigenvalue weighted by atomic mass is 16.5. The van der Waals surface area contributed by atoms with E-state index >= 15 is 0 Å². The molecule has 0 aliphatic rings. The Morgan fingerprint density at radius 2 is 1.68 bits per heavy atom. The van der Waals surface area contributed by atoms with Crippen LogP contribution in [-0.2, 0) is 17.9 Å². The number of aromatic nitrogens is 2. The number of aryl methyl sites for hydroxylation is 1. The van der Waals surface area contributed by atoms with Crippen LogP contribution in [-0.4, -0.2) is 29.2 Å². The highest BCUT2D eigenvalue weighted by Crippen LogP contribution is 2.26. The third kappa shape index (κ3) is 6.04. The second-order valence-electron chi connectivity index (χ2n) is 7.84. The smallest absolute Gasteiger partial charge is 0.244 e. The van der Waals surface area contributed by atoms with Crippen LogP contribution in [0.25, 0.3) is 17.1 Å². The first-order valence-corrected chi connectivity index (χ1v) is 11.5. The van der Waals surface area contributed by atoms with Crippen LogP contribution in [0.15, 0.2) is 84.9 Å². The number of nitrogens with one attached hydrogen (secondary N) is 1. The number of ether oxygens (including phenoxy) is 2. The van der Waals surface area contributed by atoms with E-state index in [1.165, 1.54) is 0 Å². The number of hydrogen-bond donors (Lipinski definition) is 1. The molecule has 6 heteroatoms. The average Bonchev–Trinajstić information content (AvgIpc) is 3.24. The number of carbonyl (C=O) groups is 1. The molecule has 0 radical (unpaired) electrons. The highest BCUT2D eigenvalue weighted by Gasteiger charge is 2.11. The molecular weight excluding hydrogens is 426 g/mol. The molecule has 0 saturated carbocycles. The Bertz CT molecular complexity index is 1250. The molecule has 0 atom stereocenters. The Morgan fingerprint density at radius 1 is 0.941 bits per heavy atom. The van der Waals surface area contributed by atoms with E-state index in [4.69, 9.17) is 14.5 Å². The van der Waals surface area contributed by atoms with Gasteiger partial charge in [-0.05, 0) is 48.7 Å². The molecule has 4 aromatic rings. The van der Waals surface area contributed by atoms with Gasteiger partial charge in [-0.15, -0.1) is 0 Å². The number of para-hydroxylation sites is 4. The summed E-state index contributed by atoms with van der Waals surface area (Å²) in [6, 6.07) is 25.5. The molecule has 3 aromatic carbocycles. The molecule has 1 aromatic heterocycles. The van der Waals surface area contributed by atoms with Crippen molar-refractivity contribution in [3.8, 4) is 11.5 Å². The van der Waals surface area contributed by atoms with Gasteiger partial charge in [0.15, 0.2) is 11.5 Å². The second kappa shape index (κ2) is 11.7. The van der Waals surface area contributed by atoms with Crippen LogP contribution in [0.4, 0.5) is 0 Å². The molecule has 34 heavy (non-hydrogen) atoms. The largest absolute Gasteiger partial charge is 0.493 e. The quantitative estimate of drug-likeness (QED) is 0.248. The summed E-state index contributed by atoms with van der Waals surface area (Å²) in [5, 5.41) is 2.96. The lowest BCUT2D eigenvalue weighted by atomic mass is 10.2. The number of amides is 1. The number of methoxy groups -OCH3 is 1. The molecule has 0 bridgehead atoms. The summed E-state index contributed by atoms with van der Waals surface area (Å²) >= 11 is 0. The van der Waals surface area contributed by atoms with Crippen molar-refractivity contribution in [3.05, 3.63) is 96.3 Å². The number of unbranched alkanes of at least 4 members (excludes halogenated alkanes) is 1. The number of hydrogen-bond acceptors (Lipinski definition) is 4. The van der Waals surface area contributed by atoms with E-state index in [0.717, 1.165) is 53.3 Å². The minimum atomic E-state index is -0.146. The first kappa shape index (κ1) is 23.1. The van der Waals surface area contributed by atoms with Crippen molar-refractivity contribution < 1.29 is 14.3 Å². The van der Waals surface area contributed by atoms with Gasteiger partial charge in [0, 0.05) is 12.6 Å². The van der Waals surface area contributed by atoms with Crippen molar-refractivity contribution >= 4 is 23.0 Å². The second-order valence-corrected chi connectivity index (χ2v) is 7.84. The summed E-state index contributed by atoms with van der Waals surface area (Å²) in [5.41, 5.74) is 2.98. The predicted molar refractivity (Wildman–Crippen MR) is 135 cm³/mol.